The Kier molecular flexibility index (Phi) is 4.75. The van der Waals surface area contributed by atoms with E-state index in [0.29, 0.717) is 0 Å². The number of hydrogen-bond donors (Lipinski definition) is 1. The molecule has 100 valence electrons. The van der Waals surface area contributed by atoms with E-state index in [0.717, 1.165) is 19.3 Å². The number of hydrogen-bond acceptors (Lipinski definition) is 1. The molecule has 0 amide bonds. The lowest BCUT2D eigenvalue weighted by Crippen LogP contribution is -2.13. The molecule has 0 fully saturated rings. The zero-order valence-electron chi connectivity index (χ0n) is 11.8. The van der Waals surface area contributed by atoms with Crippen molar-refractivity contribution >= 4 is 0 Å². The maximum atomic E-state index is 10.2. The zero-order chi connectivity index (χ0) is 13.7. The molecule has 0 saturated heterocycles. The minimum Gasteiger partial charge on any atom is -0.393 e. The maximum absolute atomic E-state index is 10.2. The molecule has 0 radical (unpaired) electrons. The molecule has 0 bridgehead atoms. The molecule has 2 aromatic carbocycles. The second kappa shape index (κ2) is 6.53. The van der Waals surface area contributed by atoms with Gasteiger partial charge in [-0.2, -0.15) is 0 Å². The summed E-state index contributed by atoms with van der Waals surface area (Å²) in [6.07, 6.45) is 2.25. The Bertz CT molecular complexity index is 496. The second-order valence-electron chi connectivity index (χ2n) is 5.25. The fraction of sp³-hybridized carbons (Fsp3) is 0.333. The molecule has 0 aliphatic heterocycles. The monoisotopic (exact) mass is 254 g/mol. The molecule has 2 rings (SSSR count). The Morgan fingerprint density at radius 1 is 0.895 bits per heavy atom. The van der Waals surface area contributed by atoms with Crippen molar-refractivity contribution in [2.75, 3.05) is 0 Å². The van der Waals surface area contributed by atoms with Gasteiger partial charge in [-0.1, -0.05) is 48.5 Å². The van der Waals surface area contributed by atoms with Crippen LogP contribution in [0.4, 0.5) is 0 Å². The van der Waals surface area contributed by atoms with E-state index in [1.54, 1.807) is 0 Å². The van der Waals surface area contributed by atoms with Crippen LogP contribution < -0.4 is 0 Å². The Morgan fingerprint density at radius 2 is 1.53 bits per heavy atom. The zero-order valence-corrected chi connectivity index (χ0v) is 11.8. The van der Waals surface area contributed by atoms with Gasteiger partial charge in [0, 0.05) is 0 Å². The van der Waals surface area contributed by atoms with Crippen molar-refractivity contribution in [3.63, 3.8) is 0 Å². The summed E-state index contributed by atoms with van der Waals surface area (Å²) in [5.41, 5.74) is 5.14. The molecular formula is C18H22O. The SMILES string of the molecule is Cc1cccc(C)c1CC(O)CCc1ccccc1. The van der Waals surface area contributed by atoms with Crippen LogP contribution in [0.5, 0.6) is 0 Å². The first kappa shape index (κ1) is 13.8. The highest BCUT2D eigenvalue weighted by molar-refractivity contribution is 5.34. The largest absolute Gasteiger partial charge is 0.393 e. The van der Waals surface area contributed by atoms with Crippen LogP contribution in [0, 0.1) is 13.8 Å². The van der Waals surface area contributed by atoms with Gasteiger partial charge in [0.2, 0.25) is 0 Å². The summed E-state index contributed by atoms with van der Waals surface area (Å²) >= 11 is 0. The molecule has 0 saturated carbocycles. The predicted octanol–water partition coefficient (Wildman–Crippen LogP) is 3.84. The first-order valence-corrected chi connectivity index (χ1v) is 6.94. The summed E-state index contributed by atoms with van der Waals surface area (Å²) in [6, 6.07) is 16.7. The summed E-state index contributed by atoms with van der Waals surface area (Å²) in [7, 11) is 0. The lowest BCUT2D eigenvalue weighted by Gasteiger charge is -2.14. The van der Waals surface area contributed by atoms with E-state index in [9.17, 15) is 5.11 Å². The first-order chi connectivity index (χ1) is 9.16. The van der Waals surface area contributed by atoms with Gasteiger partial charge in [0.1, 0.15) is 0 Å². The Morgan fingerprint density at radius 3 is 2.16 bits per heavy atom. The number of rotatable bonds is 5. The van der Waals surface area contributed by atoms with Gasteiger partial charge in [0.25, 0.3) is 0 Å². The van der Waals surface area contributed by atoms with E-state index in [-0.39, 0.29) is 6.10 Å². The second-order valence-corrected chi connectivity index (χ2v) is 5.25. The van der Waals surface area contributed by atoms with E-state index in [2.05, 4.69) is 44.2 Å². The van der Waals surface area contributed by atoms with Gasteiger partial charge in [-0.15, -0.1) is 0 Å². The molecule has 1 unspecified atom stereocenters. The topological polar surface area (TPSA) is 20.2 Å². The Labute approximate surface area is 115 Å². The highest BCUT2D eigenvalue weighted by atomic mass is 16.3. The van der Waals surface area contributed by atoms with E-state index in [1.165, 1.54) is 22.3 Å². The smallest absolute Gasteiger partial charge is 0.0583 e. The van der Waals surface area contributed by atoms with Gasteiger partial charge in [-0.05, 0) is 55.4 Å². The molecule has 1 N–H and O–H groups in total. The van der Waals surface area contributed by atoms with Crippen LogP contribution >= 0.6 is 0 Å². The average Bonchev–Trinajstić information content (AvgIpc) is 2.42. The molecule has 1 heteroatoms. The standard InChI is InChI=1S/C18H22O/c1-14-7-6-8-15(2)18(14)13-17(19)12-11-16-9-4-3-5-10-16/h3-10,17,19H,11-13H2,1-2H3. The fourth-order valence-corrected chi connectivity index (χ4v) is 2.49. The van der Waals surface area contributed by atoms with Crippen LogP contribution in [-0.2, 0) is 12.8 Å². The quantitative estimate of drug-likeness (QED) is 0.859. The first-order valence-electron chi connectivity index (χ1n) is 6.94. The van der Waals surface area contributed by atoms with E-state index < -0.39 is 0 Å². The third-order valence-corrected chi connectivity index (χ3v) is 3.69. The van der Waals surface area contributed by atoms with Crippen molar-refractivity contribution < 1.29 is 5.11 Å². The number of aliphatic hydroxyl groups is 1. The van der Waals surface area contributed by atoms with Crippen LogP contribution in [0.1, 0.15) is 28.7 Å². The average molecular weight is 254 g/mol. The molecule has 0 aliphatic rings. The third-order valence-electron chi connectivity index (χ3n) is 3.69. The highest BCUT2D eigenvalue weighted by Gasteiger charge is 2.09. The number of aryl methyl sites for hydroxylation is 3. The third kappa shape index (κ3) is 3.93. The van der Waals surface area contributed by atoms with Crippen LogP contribution in [0.15, 0.2) is 48.5 Å². The minimum atomic E-state index is -0.264. The van der Waals surface area contributed by atoms with Crippen LogP contribution in [0.2, 0.25) is 0 Å². The number of aliphatic hydroxyl groups excluding tert-OH is 1. The summed E-state index contributed by atoms with van der Waals surface area (Å²) in [6.45, 7) is 4.23. The van der Waals surface area contributed by atoms with E-state index in [1.807, 2.05) is 18.2 Å². The van der Waals surface area contributed by atoms with Gasteiger partial charge in [-0.3, -0.25) is 0 Å². The molecule has 1 nitrogen and oxygen atoms in total. The van der Waals surface area contributed by atoms with Crippen molar-refractivity contribution in [2.45, 2.75) is 39.2 Å². The van der Waals surface area contributed by atoms with Crippen molar-refractivity contribution in [1.29, 1.82) is 0 Å². The van der Waals surface area contributed by atoms with Crippen molar-refractivity contribution in [3.8, 4) is 0 Å². The molecule has 0 spiro atoms. The van der Waals surface area contributed by atoms with Crippen LogP contribution in [-0.4, -0.2) is 11.2 Å². The van der Waals surface area contributed by atoms with Gasteiger partial charge >= 0.3 is 0 Å². The van der Waals surface area contributed by atoms with E-state index >= 15 is 0 Å². The summed E-state index contributed by atoms with van der Waals surface area (Å²) < 4.78 is 0. The minimum absolute atomic E-state index is 0.264. The van der Waals surface area contributed by atoms with Gasteiger partial charge in [0.05, 0.1) is 6.10 Å². The van der Waals surface area contributed by atoms with Crippen LogP contribution in [0.3, 0.4) is 0 Å². The van der Waals surface area contributed by atoms with E-state index in [4.69, 9.17) is 0 Å². The molecule has 0 heterocycles. The molecule has 0 aliphatic carbocycles. The normalized spacial score (nSPS) is 12.4. The predicted molar refractivity (Wildman–Crippen MR) is 80.4 cm³/mol. The summed E-state index contributed by atoms with van der Waals surface area (Å²) in [5, 5.41) is 10.2. The summed E-state index contributed by atoms with van der Waals surface area (Å²) in [4.78, 5) is 0. The fourth-order valence-electron chi connectivity index (χ4n) is 2.49. The Hall–Kier alpha value is -1.60. The maximum Gasteiger partial charge on any atom is 0.0583 e. The molecule has 19 heavy (non-hydrogen) atoms. The molecular weight excluding hydrogens is 232 g/mol. The molecule has 0 aromatic heterocycles. The van der Waals surface area contributed by atoms with Crippen LogP contribution in [0.25, 0.3) is 0 Å². The Balaban J connectivity index is 1.93. The molecule has 2 aromatic rings. The highest BCUT2D eigenvalue weighted by Crippen LogP contribution is 2.17. The van der Waals surface area contributed by atoms with Crippen molar-refractivity contribution in [3.05, 3.63) is 70.8 Å². The van der Waals surface area contributed by atoms with Gasteiger partial charge in [-0.25, -0.2) is 0 Å². The van der Waals surface area contributed by atoms with Crippen molar-refractivity contribution in [1.82, 2.24) is 0 Å². The van der Waals surface area contributed by atoms with Crippen molar-refractivity contribution in [2.24, 2.45) is 0 Å². The summed E-state index contributed by atoms with van der Waals surface area (Å²) in [5.74, 6) is 0. The molecule has 1 atom stereocenters. The number of benzene rings is 2. The lowest BCUT2D eigenvalue weighted by atomic mass is 9.95. The lowest BCUT2D eigenvalue weighted by molar-refractivity contribution is 0.165. The van der Waals surface area contributed by atoms with Gasteiger partial charge in [0.15, 0.2) is 0 Å². The van der Waals surface area contributed by atoms with Gasteiger partial charge < -0.3 is 5.11 Å².